The first kappa shape index (κ1) is 19.9. The van der Waals surface area contributed by atoms with Crippen molar-refractivity contribution in [3.05, 3.63) is 41.2 Å². The minimum atomic E-state index is -0.648. The number of piperazine rings is 1. The van der Waals surface area contributed by atoms with Crippen molar-refractivity contribution in [2.75, 3.05) is 32.7 Å². The van der Waals surface area contributed by atoms with Gasteiger partial charge in [0.2, 0.25) is 5.91 Å². The van der Waals surface area contributed by atoms with E-state index in [2.05, 4.69) is 10.3 Å². The number of amides is 3. The van der Waals surface area contributed by atoms with Crippen molar-refractivity contribution in [3.8, 4) is 10.6 Å². The molecule has 0 unspecified atom stereocenters. The summed E-state index contributed by atoms with van der Waals surface area (Å²) in [5, 5.41) is 5.28. The maximum absolute atomic E-state index is 13.0. The van der Waals surface area contributed by atoms with E-state index in [0.717, 1.165) is 16.3 Å². The molecule has 1 aromatic heterocycles. The normalized spacial score (nSPS) is 14.1. The van der Waals surface area contributed by atoms with Crippen LogP contribution >= 0.6 is 11.3 Å². The number of nitrogens with zero attached hydrogens (tertiary/aromatic N) is 3. The van der Waals surface area contributed by atoms with Gasteiger partial charge in [0.1, 0.15) is 10.8 Å². The van der Waals surface area contributed by atoms with Gasteiger partial charge >= 0.3 is 11.8 Å². The van der Waals surface area contributed by atoms with Crippen molar-refractivity contribution in [2.24, 2.45) is 0 Å². The van der Waals surface area contributed by atoms with Gasteiger partial charge in [-0.05, 0) is 24.3 Å². The van der Waals surface area contributed by atoms with Gasteiger partial charge in [-0.3, -0.25) is 14.4 Å². The summed E-state index contributed by atoms with van der Waals surface area (Å²) in [6, 6.07) is 6.12. The third-order valence-corrected chi connectivity index (χ3v) is 5.46. The van der Waals surface area contributed by atoms with Crippen LogP contribution in [0.4, 0.5) is 4.39 Å². The average molecular weight is 404 g/mol. The lowest BCUT2D eigenvalue weighted by Gasteiger charge is -2.33. The smallest absolute Gasteiger partial charge is 0.312 e. The average Bonchev–Trinajstić information content (AvgIpc) is 3.17. The Morgan fingerprint density at radius 1 is 1.11 bits per heavy atom. The number of hydrogen-bond donors (Lipinski definition) is 1. The van der Waals surface area contributed by atoms with E-state index >= 15 is 0 Å². The van der Waals surface area contributed by atoms with E-state index in [4.69, 9.17) is 0 Å². The van der Waals surface area contributed by atoms with Crippen LogP contribution in [0.2, 0.25) is 0 Å². The molecule has 148 valence electrons. The van der Waals surface area contributed by atoms with Gasteiger partial charge in [-0.15, -0.1) is 11.3 Å². The number of benzene rings is 1. The van der Waals surface area contributed by atoms with Gasteiger partial charge in [-0.2, -0.15) is 0 Å². The van der Waals surface area contributed by atoms with E-state index in [0.29, 0.717) is 39.1 Å². The summed E-state index contributed by atoms with van der Waals surface area (Å²) in [7, 11) is 0. The summed E-state index contributed by atoms with van der Waals surface area (Å²) in [5.41, 5.74) is 1.63. The Labute approximate surface area is 166 Å². The van der Waals surface area contributed by atoms with Crippen LogP contribution in [-0.2, 0) is 20.8 Å². The van der Waals surface area contributed by atoms with E-state index in [1.165, 1.54) is 35.3 Å². The lowest BCUT2D eigenvalue weighted by Crippen LogP contribution is -2.53. The molecule has 0 radical (unpaired) electrons. The molecule has 1 saturated heterocycles. The van der Waals surface area contributed by atoms with Gasteiger partial charge in [0.25, 0.3) is 0 Å². The molecular weight excluding hydrogens is 383 g/mol. The van der Waals surface area contributed by atoms with Crippen LogP contribution in [0.3, 0.4) is 0 Å². The van der Waals surface area contributed by atoms with Crippen molar-refractivity contribution >= 4 is 29.1 Å². The second kappa shape index (κ2) is 8.92. The van der Waals surface area contributed by atoms with Crippen molar-refractivity contribution < 1.29 is 18.8 Å². The highest BCUT2D eigenvalue weighted by Crippen LogP contribution is 2.23. The van der Waals surface area contributed by atoms with E-state index in [1.54, 1.807) is 17.0 Å². The predicted molar refractivity (Wildman–Crippen MR) is 103 cm³/mol. The fraction of sp³-hybridized carbons (Fsp3) is 0.368. The molecule has 1 aliphatic heterocycles. The lowest BCUT2D eigenvalue weighted by atomic mass is 10.2. The van der Waals surface area contributed by atoms with Gasteiger partial charge < -0.3 is 15.1 Å². The highest BCUT2D eigenvalue weighted by molar-refractivity contribution is 7.13. The summed E-state index contributed by atoms with van der Waals surface area (Å²) in [4.78, 5) is 43.2. The molecule has 1 N–H and O–H groups in total. The molecule has 0 atom stereocenters. The fourth-order valence-corrected chi connectivity index (χ4v) is 3.75. The Morgan fingerprint density at radius 3 is 2.39 bits per heavy atom. The molecule has 1 fully saturated rings. The molecular formula is C19H21FN4O3S. The summed E-state index contributed by atoms with van der Waals surface area (Å²) in [6.45, 7) is 3.39. The van der Waals surface area contributed by atoms with E-state index < -0.39 is 11.8 Å². The number of rotatable bonds is 4. The maximum Gasteiger partial charge on any atom is 0.312 e. The first-order valence-electron chi connectivity index (χ1n) is 8.97. The van der Waals surface area contributed by atoms with Crippen molar-refractivity contribution in [1.29, 1.82) is 0 Å². The quantitative estimate of drug-likeness (QED) is 0.779. The molecule has 7 nitrogen and oxygen atoms in total. The van der Waals surface area contributed by atoms with Crippen LogP contribution in [0.1, 0.15) is 12.6 Å². The highest BCUT2D eigenvalue weighted by atomic mass is 32.1. The first-order chi connectivity index (χ1) is 13.4. The zero-order valence-corrected chi connectivity index (χ0v) is 16.3. The standard InChI is InChI=1S/C19H21FN4O3S/c1-13(25)23-8-10-24(11-9-23)19(27)17(26)21-7-6-16-12-28-18(22-16)14-2-4-15(20)5-3-14/h2-5,12H,6-11H2,1H3,(H,21,26). The third kappa shape index (κ3) is 4.92. The van der Waals surface area contributed by atoms with Crippen LogP contribution in [0.25, 0.3) is 10.6 Å². The molecule has 0 saturated carbocycles. The minimum absolute atomic E-state index is 0.0279. The van der Waals surface area contributed by atoms with Crippen molar-refractivity contribution in [3.63, 3.8) is 0 Å². The Morgan fingerprint density at radius 2 is 1.75 bits per heavy atom. The molecule has 0 spiro atoms. The minimum Gasteiger partial charge on any atom is -0.347 e. The zero-order chi connectivity index (χ0) is 20.1. The maximum atomic E-state index is 13.0. The third-order valence-electron chi connectivity index (χ3n) is 4.52. The van der Waals surface area contributed by atoms with E-state index in [9.17, 15) is 18.8 Å². The SMILES string of the molecule is CC(=O)N1CCN(C(=O)C(=O)NCCc2csc(-c3ccc(F)cc3)n2)CC1. The highest BCUT2D eigenvalue weighted by Gasteiger charge is 2.26. The molecule has 3 amide bonds. The molecule has 2 heterocycles. The number of hydrogen-bond acceptors (Lipinski definition) is 5. The summed E-state index contributed by atoms with van der Waals surface area (Å²) in [5.74, 6) is -1.55. The molecule has 0 aliphatic carbocycles. The number of carbonyl (C=O) groups is 3. The molecule has 3 rings (SSSR count). The molecule has 2 aromatic rings. The number of aromatic nitrogens is 1. The van der Waals surface area contributed by atoms with Crippen LogP contribution in [0.5, 0.6) is 0 Å². The molecule has 1 aromatic carbocycles. The molecule has 28 heavy (non-hydrogen) atoms. The largest absolute Gasteiger partial charge is 0.347 e. The zero-order valence-electron chi connectivity index (χ0n) is 15.5. The summed E-state index contributed by atoms with van der Waals surface area (Å²) < 4.78 is 13.0. The second-order valence-electron chi connectivity index (χ2n) is 6.46. The van der Waals surface area contributed by atoms with Gasteiger partial charge in [0.15, 0.2) is 0 Å². The molecule has 1 aliphatic rings. The van der Waals surface area contributed by atoms with E-state index in [-0.39, 0.29) is 11.7 Å². The number of carbonyl (C=O) groups excluding carboxylic acids is 3. The predicted octanol–water partition coefficient (Wildman–Crippen LogP) is 1.30. The number of halogens is 1. The van der Waals surface area contributed by atoms with Gasteiger partial charge in [-0.25, -0.2) is 9.37 Å². The van der Waals surface area contributed by atoms with Crippen molar-refractivity contribution in [1.82, 2.24) is 20.1 Å². The van der Waals surface area contributed by atoms with Gasteiger partial charge in [0.05, 0.1) is 5.69 Å². The Kier molecular flexibility index (Phi) is 6.35. The Hall–Kier alpha value is -2.81. The fourth-order valence-electron chi connectivity index (χ4n) is 2.89. The van der Waals surface area contributed by atoms with Crippen molar-refractivity contribution in [2.45, 2.75) is 13.3 Å². The topological polar surface area (TPSA) is 82.6 Å². The van der Waals surface area contributed by atoms with Gasteiger partial charge in [0, 0.05) is 57.0 Å². The summed E-state index contributed by atoms with van der Waals surface area (Å²) >= 11 is 1.45. The Bertz CT molecular complexity index is 860. The number of thiazole rings is 1. The second-order valence-corrected chi connectivity index (χ2v) is 7.31. The summed E-state index contributed by atoms with van der Waals surface area (Å²) in [6.07, 6.45) is 0.495. The lowest BCUT2D eigenvalue weighted by molar-refractivity contribution is -0.148. The van der Waals surface area contributed by atoms with Crippen LogP contribution in [0.15, 0.2) is 29.6 Å². The van der Waals surface area contributed by atoms with Crippen LogP contribution < -0.4 is 5.32 Å². The number of nitrogens with one attached hydrogen (secondary N) is 1. The van der Waals surface area contributed by atoms with E-state index in [1.807, 2.05) is 5.38 Å². The van der Waals surface area contributed by atoms with Gasteiger partial charge in [-0.1, -0.05) is 0 Å². The Balaban J connectivity index is 1.45. The van der Waals surface area contributed by atoms with Crippen LogP contribution in [-0.4, -0.2) is 65.2 Å². The van der Waals surface area contributed by atoms with Crippen LogP contribution in [0, 0.1) is 5.82 Å². The monoisotopic (exact) mass is 404 g/mol. The molecule has 0 bridgehead atoms. The molecule has 9 heteroatoms. The first-order valence-corrected chi connectivity index (χ1v) is 9.85.